The molecule has 0 saturated carbocycles. The molecule has 0 aromatic carbocycles. The molecule has 0 radical (unpaired) electrons. The Morgan fingerprint density at radius 2 is 2.53 bits per heavy atom. The highest BCUT2D eigenvalue weighted by molar-refractivity contribution is 5.92. The van der Waals surface area contributed by atoms with E-state index in [1.54, 1.807) is 0 Å². The first-order chi connectivity index (χ1) is 8.31. The summed E-state index contributed by atoms with van der Waals surface area (Å²) in [6.07, 6.45) is 5.23. The molecule has 1 aromatic heterocycles. The van der Waals surface area contributed by atoms with E-state index in [2.05, 4.69) is 17.6 Å². The van der Waals surface area contributed by atoms with E-state index >= 15 is 0 Å². The first-order valence-corrected chi connectivity index (χ1v) is 6.48. The quantitative estimate of drug-likeness (QED) is 0.828. The molecule has 94 valence electrons. The summed E-state index contributed by atoms with van der Waals surface area (Å²) >= 11 is 0. The topological polar surface area (TPSA) is 46.1 Å². The Balaban J connectivity index is 1.96. The smallest absolute Gasteiger partial charge is 0.268 e. The molecule has 0 spiro atoms. The highest BCUT2D eigenvalue weighted by Crippen LogP contribution is 2.06. The van der Waals surface area contributed by atoms with Crippen molar-refractivity contribution < 1.29 is 4.79 Å². The Kier molecular flexibility index (Phi) is 4.20. The first kappa shape index (κ1) is 12.2. The third-order valence-electron chi connectivity index (χ3n) is 3.16. The maximum Gasteiger partial charge on any atom is 0.268 e. The average molecular weight is 235 g/mol. The lowest BCUT2D eigenvalue weighted by atomic mass is 10.1. The number of aromatic nitrogens is 1. The van der Waals surface area contributed by atoms with Crippen LogP contribution in [0, 0.1) is 0 Å². The van der Waals surface area contributed by atoms with E-state index in [0.717, 1.165) is 44.6 Å². The lowest BCUT2D eigenvalue weighted by molar-refractivity contribution is 0.0921. The van der Waals surface area contributed by atoms with Crippen LogP contribution in [-0.4, -0.2) is 29.6 Å². The highest BCUT2D eigenvalue weighted by Gasteiger charge is 2.17. The van der Waals surface area contributed by atoms with Crippen LogP contribution < -0.4 is 10.6 Å². The predicted molar refractivity (Wildman–Crippen MR) is 68.1 cm³/mol. The summed E-state index contributed by atoms with van der Waals surface area (Å²) in [6, 6.07) is 4.10. The Morgan fingerprint density at radius 1 is 1.65 bits per heavy atom. The van der Waals surface area contributed by atoms with Gasteiger partial charge < -0.3 is 15.2 Å². The van der Waals surface area contributed by atoms with Gasteiger partial charge in [0, 0.05) is 25.3 Å². The van der Waals surface area contributed by atoms with Gasteiger partial charge in [-0.1, -0.05) is 6.92 Å². The lowest BCUT2D eigenvalue weighted by Crippen LogP contribution is -2.46. The van der Waals surface area contributed by atoms with Crippen molar-refractivity contribution in [2.75, 3.05) is 13.1 Å². The monoisotopic (exact) mass is 235 g/mol. The van der Waals surface area contributed by atoms with Crippen LogP contribution >= 0.6 is 0 Å². The van der Waals surface area contributed by atoms with E-state index in [4.69, 9.17) is 0 Å². The van der Waals surface area contributed by atoms with E-state index in [1.165, 1.54) is 0 Å². The number of nitrogens with zero attached hydrogens (tertiary/aromatic N) is 1. The van der Waals surface area contributed by atoms with Crippen LogP contribution in [0.3, 0.4) is 0 Å². The number of hydrogen-bond donors (Lipinski definition) is 2. The molecule has 4 heteroatoms. The molecule has 1 fully saturated rings. The fraction of sp³-hybridized carbons (Fsp3) is 0.615. The molecule has 2 rings (SSSR count). The SMILES string of the molecule is CCCn1cccc1C(=O)N[C@@H]1CCCNC1. The van der Waals surface area contributed by atoms with Gasteiger partial charge in [-0.15, -0.1) is 0 Å². The van der Waals surface area contributed by atoms with Crippen molar-refractivity contribution >= 4 is 5.91 Å². The van der Waals surface area contributed by atoms with Gasteiger partial charge in [-0.3, -0.25) is 4.79 Å². The van der Waals surface area contributed by atoms with Crippen molar-refractivity contribution in [3.63, 3.8) is 0 Å². The van der Waals surface area contributed by atoms with Gasteiger partial charge in [0.05, 0.1) is 0 Å². The molecule has 1 aliphatic rings. The highest BCUT2D eigenvalue weighted by atomic mass is 16.2. The van der Waals surface area contributed by atoms with Crippen molar-refractivity contribution in [2.24, 2.45) is 0 Å². The molecule has 1 atom stereocenters. The van der Waals surface area contributed by atoms with Gasteiger partial charge >= 0.3 is 0 Å². The summed E-state index contributed by atoms with van der Waals surface area (Å²) in [4.78, 5) is 12.1. The summed E-state index contributed by atoms with van der Waals surface area (Å²) in [6.45, 7) is 4.98. The second-order valence-electron chi connectivity index (χ2n) is 4.60. The molecule has 2 heterocycles. The van der Waals surface area contributed by atoms with Crippen molar-refractivity contribution in [1.29, 1.82) is 0 Å². The van der Waals surface area contributed by atoms with Crippen LogP contribution in [0.1, 0.15) is 36.7 Å². The standard InChI is InChI=1S/C13H21N3O/c1-2-8-16-9-4-6-12(16)13(17)15-11-5-3-7-14-10-11/h4,6,9,11,14H,2-3,5,7-8,10H2,1H3,(H,15,17)/t11-/m1/s1. The molecular weight excluding hydrogens is 214 g/mol. The van der Waals surface area contributed by atoms with Crippen molar-refractivity contribution in [2.45, 2.75) is 38.8 Å². The van der Waals surface area contributed by atoms with E-state index in [1.807, 2.05) is 22.9 Å². The number of piperidine rings is 1. The molecule has 17 heavy (non-hydrogen) atoms. The Morgan fingerprint density at radius 3 is 3.24 bits per heavy atom. The van der Waals surface area contributed by atoms with Crippen molar-refractivity contribution in [3.8, 4) is 0 Å². The average Bonchev–Trinajstić information content (AvgIpc) is 2.79. The third kappa shape index (κ3) is 3.09. The van der Waals surface area contributed by atoms with E-state index in [-0.39, 0.29) is 11.9 Å². The van der Waals surface area contributed by atoms with E-state index < -0.39 is 0 Å². The van der Waals surface area contributed by atoms with Crippen LogP contribution in [0.2, 0.25) is 0 Å². The van der Waals surface area contributed by atoms with Crippen molar-refractivity contribution in [1.82, 2.24) is 15.2 Å². The zero-order valence-corrected chi connectivity index (χ0v) is 10.4. The van der Waals surface area contributed by atoms with Crippen LogP contribution in [-0.2, 0) is 6.54 Å². The number of carbonyl (C=O) groups is 1. The summed E-state index contributed by atoms with van der Waals surface area (Å²) in [5.41, 5.74) is 0.775. The van der Waals surface area contributed by atoms with Crippen LogP contribution in [0.25, 0.3) is 0 Å². The maximum atomic E-state index is 12.1. The predicted octanol–water partition coefficient (Wildman–Crippen LogP) is 1.38. The third-order valence-corrected chi connectivity index (χ3v) is 3.16. The molecule has 0 unspecified atom stereocenters. The molecule has 1 aromatic rings. The second-order valence-corrected chi connectivity index (χ2v) is 4.60. The van der Waals surface area contributed by atoms with Crippen LogP contribution in [0.15, 0.2) is 18.3 Å². The number of aryl methyl sites for hydroxylation is 1. The van der Waals surface area contributed by atoms with Gasteiger partial charge in [0.1, 0.15) is 5.69 Å². The number of hydrogen-bond acceptors (Lipinski definition) is 2. The Labute approximate surface area is 102 Å². The first-order valence-electron chi connectivity index (χ1n) is 6.48. The minimum Gasteiger partial charge on any atom is -0.347 e. The van der Waals surface area contributed by atoms with Crippen LogP contribution in [0.4, 0.5) is 0 Å². The van der Waals surface area contributed by atoms with Gasteiger partial charge in [-0.2, -0.15) is 0 Å². The zero-order valence-electron chi connectivity index (χ0n) is 10.4. The molecule has 0 bridgehead atoms. The number of rotatable bonds is 4. The van der Waals surface area contributed by atoms with Gasteiger partial charge in [0.2, 0.25) is 0 Å². The summed E-state index contributed by atoms with van der Waals surface area (Å²) in [7, 11) is 0. The zero-order chi connectivity index (χ0) is 12.1. The minimum absolute atomic E-state index is 0.0529. The molecular formula is C13H21N3O. The molecule has 0 aliphatic carbocycles. The fourth-order valence-electron chi connectivity index (χ4n) is 2.29. The minimum atomic E-state index is 0.0529. The van der Waals surface area contributed by atoms with Gasteiger partial charge in [0.25, 0.3) is 5.91 Å². The van der Waals surface area contributed by atoms with Crippen LogP contribution in [0.5, 0.6) is 0 Å². The van der Waals surface area contributed by atoms with Crippen molar-refractivity contribution in [3.05, 3.63) is 24.0 Å². The number of carbonyl (C=O) groups excluding carboxylic acids is 1. The van der Waals surface area contributed by atoms with Gasteiger partial charge in [-0.25, -0.2) is 0 Å². The lowest BCUT2D eigenvalue weighted by Gasteiger charge is -2.24. The normalized spacial score (nSPS) is 20.2. The molecule has 1 saturated heterocycles. The van der Waals surface area contributed by atoms with E-state index in [0.29, 0.717) is 0 Å². The summed E-state index contributed by atoms with van der Waals surface area (Å²) in [5, 5.41) is 6.40. The molecule has 2 N–H and O–H groups in total. The van der Waals surface area contributed by atoms with E-state index in [9.17, 15) is 4.79 Å². The maximum absolute atomic E-state index is 12.1. The Bertz CT molecular complexity index is 366. The molecule has 1 amide bonds. The fourth-order valence-corrected chi connectivity index (χ4v) is 2.29. The molecule has 4 nitrogen and oxygen atoms in total. The second kappa shape index (κ2) is 5.87. The largest absolute Gasteiger partial charge is 0.347 e. The number of amides is 1. The Hall–Kier alpha value is -1.29. The van der Waals surface area contributed by atoms with Gasteiger partial charge in [0.15, 0.2) is 0 Å². The summed E-state index contributed by atoms with van der Waals surface area (Å²) in [5.74, 6) is 0.0529. The number of nitrogens with one attached hydrogen (secondary N) is 2. The molecule has 1 aliphatic heterocycles. The summed E-state index contributed by atoms with van der Waals surface area (Å²) < 4.78 is 2.02. The van der Waals surface area contributed by atoms with Gasteiger partial charge in [-0.05, 0) is 37.9 Å².